The minimum Gasteiger partial charge on any atom is -0.356 e. The summed E-state index contributed by atoms with van der Waals surface area (Å²) in [7, 11) is 0. The second-order valence-corrected chi connectivity index (χ2v) is 6.22. The molecule has 2 unspecified atom stereocenters. The van der Waals surface area contributed by atoms with Crippen LogP contribution in [0.5, 0.6) is 0 Å². The van der Waals surface area contributed by atoms with Crippen LogP contribution in [0.3, 0.4) is 0 Å². The summed E-state index contributed by atoms with van der Waals surface area (Å²) >= 11 is 0. The van der Waals surface area contributed by atoms with E-state index < -0.39 is 0 Å². The molecule has 1 rings (SSSR count). The van der Waals surface area contributed by atoms with Crippen LogP contribution in [-0.2, 0) is 4.79 Å². The van der Waals surface area contributed by atoms with Gasteiger partial charge in [-0.2, -0.15) is 0 Å². The molecule has 2 atom stereocenters. The summed E-state index contributed by atoms with van der Waals surface area (Å²) in [5.74, 6) is 1.39. The number of carbonyl (C=O) groups excluding carboxylic acids is 1. The summed E-state index contributed by atoms with van der Waals surface area (Å²) in [5.41, 5.74) is 0.258. The molecule has 3 heteroatoms. The number of hydrogen-bond donors (Lipinski definition) is 2. The van der Waals surface area contributed by atoms with Crippen LogP contribution < -0.4 is 10.6 Å². The van der Waals surface area contributed by atoms with E-state index in [-0.39, 0.29) is 17.2 Å². The summed E-state index contributed by atoms with van der Waals surface area (Å²) in [4.78, 5) is 11.9. The first-order chi connectivity index (χ1) is 7.32. The molecule has 0 saturated carbocycles. The number of carbonyl (C=O) groups is 1. The van der Waals surface area contributed by atoms with Crippen molar-refractivity contribution in [1.29, 1.82) is 0 Å². The molecule has 3 nitrogen and oxygen atoms in total. The molecule has 16 heavy (non-hydrogen) atoms. The van der Waals surface area contributed by atoms with Crippen LogP contribution in [0.15, 0.2) is 0 Å². The van der Waals surface area contributed by atoms with Gasteiger partial charge >= 0.3 is 0 Å². The van der Waals surface area contributed by atoms with Crippen LogP contribution in [0.2, 0.25) is 0 Å². The van der Waals surface area contributed by atoms with E-state index in [0.717, 1.165) is 19.6 Å². The van der Waals surface area contributed by atoms with Gasteiger partial charge in [0.25, 0.3) is 0 Å². The summed E-state index contributed by atoms with van der Waals surface area (Å²) in [6, 6.07) is 0. The Hall–Kier alpha value is -0.570. The van der Waals surface area contributed by atoms with Gasteiger partial charge in [-0.25, -0.2) is 0 Å². The predicted octanol–water partition coefficient (Wildman–Crippen LogP) is 1.64. The average Bonchev–Trinajstić information content (AvgIpc) is 2.08. The van der Waals surface area contributed by atoms with Crippen molar-refractivity contribution in [3.63, 3.8) is 0 Å². The van der Waals surface area contributed by atoms with Gasteiger partial charge in [-0.3, -0.25) is 4.79 Å². The van der Waals surface area contributed by atoms with Crippen LogP contribution in [0.4, 0.5) is 0 Å². The van der Waals surface area contributed by atoms with Crippen molar-refractivity contribution >= 4 is 5.91 Å². The Morgan fingerprint density at radius 3 is 2.31 bits per heavy atom. The molecule has 0 aromatic rings. The quantitative estimate of drug-likeness (QED) is 0.765. The lowest BCUT2D eigenvalue weighted by molar-refractivity contribution is -0.127. The molecule has 0 spiro atoms. The predicted molar refractivity (Wildman–Crippen MR) is 67.2 cm³/mol. The van der Waals surface area contributed by atoms with Crippen molar-refractivity contribution in [2.24, 2.45) is 23.2 Å². The molecule has 1 fully saturated rings. The fourth-order valence-corrected chi connectivity index (χ4v) is 1.60. The second kappa shape index (κ2) is 5.17. The summed E-state index contributed by atoms with van der Waals surface area (Å²) in [6.07, 6.45) is 0. The molecule has 1 aliphatic heterocycles. The molecule has 0 aliphatic carbocycles. The number of hydrogen-bond acceptors (Lipinski definition) is 2. The molecule has 1 aliphatic rings. The lowest BCUT2D eigenvalue weighted by Gasteiger charge is -2.33. The van der Waals surface area contributed by atoms with Gasteiger partial charge in [-0.1, -0.05) is 34.6 Å². The molecular weight excluding hydrogens is 200 g/mol. The second-order valence-electron chi connectivity index (χ2n) is 6.22. The summed E-state index contributed by atoms with van der Waals surface area (Å²) in [6.45, 7) is 13.6. The Labute approximate surface area is 99.4 Å². The molecule has 0 radical (unpaired) electrons. The van der Waals surface area contributed by atoms with Crippen molar-refractivity contribution in [2.45, 2.75) is 34.6 Å². The lowest BCUT2D eigenvalue weighted by Crippen LogP contribution is -2.50. The topological polar surface area (TPSA) is 41.1 Å². The number of nitrogens with one attached hydrogen (secondary N) is 2. The van der Waals surface area contributed by atoms with E-state index in [9.17, 15) is 4.79 Å². The van der Waals surface area contributed by atoms with Gasteiger partial charge in [0, 0.05) is 12.5 Å². The van der Waals surface area contributed by atoms with Gasteiger partial charge < -0.3 is 10.6 Å². The first-order valence-corrected chi connectivity index (χ1v) is 6.30. The third-order valence-corrected chi connectivity index (χ3v) is 3.99. The first-order valence-electron chi connectivity index (χ1n) is 6.30. The van der Waals surface area contributed by atoms with Crippen LogP contribution >= 0.6 is 0 Å². The van der Waals surface area contributed by atoms with E-state index in [1.165, 1.54) is 0 Å². The zero-order valence-electron chi connectivity index (χ0n) is 11.3. The molecule has 1 saturated heterocycles. The summed E-state index contributed by atoms with van der Waals surface area (Å²) in [5, 5.41) is 6.28. The highest BCUT2D eigenvalue weighted by Gasteiger charge is 2.29. The van der Waals surface area contributed by atoms with E-state index in [0.29, 0.717) is 11.8 Å². The van der Waals surface area contributed by atoms with Gasteiger partial charge in [0.1, 0.15) is 0 Å². The molecule has 94 valence electrons. The normalized spacial score (nSPS) is 21.1. The smallest absolute Gasteiger partial charge is 0.223 e. The highest BCUT2D eigenvalue weighted by Crippen LogP contribution is 2.24. The standard InChI is InChI=1S/C13H26N2O/c1-9(13(3,4)5)6-15-12(16)10(2)11-7-14-8-11/h9-11,14H,6-8H2,1-5H3,(H,15,16). The fraction of sp³-hybridized carbons (Fsp3) is 0.923. The maximum absolute atomic E-state index is 11.9. The minimum atomic E-state index is 0.147. The molecule has 2 N–H and O–H groups in total. The third kappa shape index (κ3) is 3.48. The van der Waals surface area contributed by atoms with Gasteiger partial charge in [0.2, 0.25) is 5.91 Å². The van der Waals surface area contributed by atoms with Crippen molar-refractivity contribution in [3.05, 3.63) is 0 Å². The van der Waals surface area contributed by atoms with Crippen molar-refractivity contribution in [3.8, 4) is 0 Å². The van der Waals surface area contributed by atoms with Crippen LogP contribution in [0.1, 0.15) is 34.6 Å². The van der Waals surface area contributed by atoms with E-state index in [1.54, 1.807) is 0 Å². The Balaban J connectivity index is 2.29. The molecular formula is C13H26N2O. The highest BCUT2D eigenvalue weighted by atomic mass is 16.1. The van der Waals surface area contributed by atoms with Gasteiger partial charge in [-0.15, -0.1) is 0 Å². The molecule has 0 bridgehead atoms. The molecule has 1 heterocycles. The van der Waals surface area contributed by atoms with Gasteiger partial charge in [0.05, 0.1) is 0 Å². The lowest BCUT2D eigenvalue weighted by atomic mass is 9.82. The minimum absolute atomic E-state index is 0.147. The molecule has 0 aromatic carbocycles. The Kier molecular flexibility index (Phi) is 4.36. The van der Waals surface area contributed by atoms with Crippen LogP contribution in [-0.4, -0.2) is 25.5 Å². The van der Waals surface area contributed by atoms with E-state index in [4.69, 9.17) is 0 Å². The highest BCUT2D eigenvalue weighted by molar-refractivity contribution is 5.78. The maximum Gasteiger partial charge on any atom is 0.223 e. The third-order valence-electron chi connectivity index (χ3n) is 3.99. The fourth-order valence-electron chi connectivity index (χ4n) is 1.60. The van der Waals surface area contributed by atoms with Gasteiger partial charge in [-0.05, 0) is 30.3 Å². The largest absolute Gasteiger partial charge is 0.356 e. The molecule has 0 aromatic heterocycles. The Bertz CT molecular complexity index is 241. The van der Waals surface area contributed by atoms with Crippen molar-refractivity contribution < 1.29 is 4.79 Å². The van der Waals surface area contributed by atoms with Crippen LogP contribution in [0.25, 0.3) is 0 Å². The average molecular weight is 226 g/mol. The van der Waals surface area contributed by atoms with Gasteiger partial charge in [0.15, 0.2) is 0 Å². The first kappa shape index (κ1) is 13.5. The van der Waals surface area contributed by atoms with Crippen molar-refractivity contribution in [2.75, 3.05) is 19.6 Å². The monoisotopic (exact) mass is 226 g/mol. The summed E-state index contributed by atoms with van der Waals surface area (Å²) < 4.78 is 0. The zero-order chi connectivity index (χ0) is 12.3. The maximum atomic E-state index is 11.9. The van der Waals surface area contributed by atoms with Crippen LogP contribution in [0, 0.1) is 23.2 Å². The van der Waals surface area contributed by atoms with E-state index in [1.807, 2.05) is 6.92 Å². The van der Waals surface area contributed by atoms with Crippen molar-refractivity contribution in [1.82, 2.24) is 10.6 Å². The SMILES string of the molecule is CC(C(=O)NCC(C)C(C)(C)C)C1CNC1. The number of rotatable bonds is 4. The Morgan fingerprint density at radius 2 is 1.94 bits per heavy atom. The molecule has 1 amide bonds. The number of amides is 1. The van der Waals surface area contributed by atoms with E-state index in [2.05, 4.69) is 38.3 Å². The zero-order valence-corrected chi connectivity index (χ0v) is 11.3. The Morgan fingerprint density at radius 1 is 1.38 bits per heavy atom. The van der Waals surface area contributed by atoms with E-state index >= 15 is 0 Å².